The van der Waals surface area contributed by atoms with E-state index in [1.807, 2.05) is 6.92 Å². The van der Waals surface area contributed by atoms with E-state index in [9.17, 15) is 14.7 Å². The molecule has 0 aromatic carbocycles. The summed E-state index contributed by atoms with van der Waals surface area (Å²) in [5, 5.41) is 26.6. The molecule has 0 radical (unpaired) electrons. The number of carboxylic acids is 1. The maximum absolute atomic E-state index is 11.9. The van der Waals surface area contributed by atoms with Gasteiger partial charge in [0.15, 0.2) is 6.61 Å². The minimum atomic E-state index is -1.12. The highest BCUT2D eigenvalue weighted by molar-refractivity contribution is 7.80. The molecule has 3 N–H and O–H groups in total. The van der Waals surface area contributed by atoms with Gasteiger partial charge in [0, 0.05) is 5.75 Å². The average Bonchev–Trinajstić information content (AvgIpc) is 3.01. The molecule has 184 valence electrons. The quantitative estimate of drug-likeness (QED) is 0.345. The van der Waals surface area contributed by atoms with Crippen LogP contribution >= 0.6 is 12.6 Å². The van der Waals surface area contributed by atoms with Gasteiger partial charge in [0.05, 0.1) is 11.3 Å². The van der Waals surface area contributed by atoms with Crippen molar-refractivity contribution in [2.75, 3.05) is 12.4 Å². The Labute approximate surface area is 201 Å². The van der Waals surface area contributed by atoms with Crippen molar-refractivity contribution in [3.63, 3.8) is 0 Å². The summed E-state index contributed by atoms with van der Waals surface area (Å²) >= 11 is 3.94. The zero-order chi connectivity index (χ0) is 24.0. The summed E-state index contributed by atoms with van der Waals surface area (Å²) in [6.45, 7) is 6.47. The number of aliphatic hydroxyl groups is 1. The van der Waals surface area contributed by atoms with Gasteiger partial charge in [-0.05, 0) is 93.0 Å². The molecule has 0 saturated heterocycles. The number of oxime groups is 1. The maximum Gasteiger partial charge on any atom is 0.327 e. The Morgan fingerprint density at radius 1 is 1.18 bits per heavy atom. The van der Waals surface area contributed by atoms with Crippen molar-refractivity contribution in [1.29, 1.82) is 0 Å². The van der Waals surface area contributed by atoms with Crippen LogP contribution in [0, 0.1) is 28.6 Å². The topological polar surface area (TPSA) is 108 Å². The molecular weight excluding hydrogens is 440 g/mol. The van der Waals surface area contributed by atoms with Crippen LogP contribution in [-0.2, 0) is 14.4 Å². The number of amides is 1. The number of carbonyl (C=O) groups is 2. The van der Waals surface area contributed by atoms with Gasteiger partial charge in [-0.1, -0.05) is 24.6 Å². The molecule has 7 atom stereocenters. The summed E-state index contributed by atoms with van der Waals surface area (Å²) in [5.41, 5.74) is 1.94. The van der Waals surface area contributed by atoms with Gasteiger partial charge in [-0.25, -0.2) is 4.79 Å². The number of fused-ring (bicyclic) bond motifs is 5. The van der Waals surface area contributed by atoms with Gasteiger partial charge in [0.25, 0.3) is 5.91 Å². The number of rotatable bonds is 6. The third kappa shape index (κ3) is 4.22. The van der Waals surface area contributed by atoms with Crippen LogP contribution < -0.4 is 5.32 Å². The normalized spacial score (nSPS) is 41.9. The number of aliphatic carboxylic acids is 1. The van der Waals surface area contributed by atoms with E-state index in [1.54, 1.807) is 0 Å². The lowest BCUT2D eigenvalue weighted by Crippen LogP contribution is -2.53. The molecule has 0 heterocycles. The fraction of sp³-hybridized carbons (Fsp3) is 0.800. The predicted octanol–water partition coefficient (Wildman–Crippen LogP) is 3.57. The third-order valence-corrected chi connectivity index (χ3v) is 10.1. The Morgan fingerprint density at radius 2 is 1.91 bits per heavy atom. The molecular formula is C25H38N2O5S. The van der Waals surface area contributed by atoms with Crippen LogP contribution in [0.2, 0.25) is 0 Å². The summed E-state index contributed by atoms with van der Waals surface area (Å²) in [4.78, 5) is 28.2. The van der Waals surface area contributed by atoms with Gasteiger partial charge < -0.3 is 20.4 Å². The van der Waals surface area contributed by atoms with E-state index < -0.39 is 23.5 Å². The molecule has 33 heavy (non-hydrogen) atoms. The molecule has 8 heteroatoms. The third-order valence-electron chi connectivity index (χ3n) is 9.73. The zero-order valence-corrected chi connectivity index (χ0v) is 20.9. The molecule has 4 aliphatic carbocycles. The van der Waals surface area contributed by atoms with Gasteiger partial charge in [-0.2, -0.15) is 12.6 Å². The van der Waals surface area contributed by atoms with E-state index in [-0.39, 0.29) is 23.2 Å². The molecule has 0 spiro atoms. The van der Waals surface area contributed by atoms with Crippen LogP contribution in [-0.4, -0.2) is 51.8 Å². The number of hydrogen-bond acceptors (Lipinski definition) is 6. The molecule has 1 amide bonds. The van der Waals surface area contributed by atoms with Crippen molar-refractivity contribution in [2.24, 2.45) is 33.7 Å². The van der Waals surface area contributed by atoms with E-state index in [1.165, 1.54) is 18.4 Å². The van der Waals surface area contributed by atoms with Gasteiger partial charge >= 0.3 is 5.97 Å². The first-order valence-corrected chi connectivity index (χ1v) is 12.9. The van der Waals surface area contributed by atoms with Crippen LogP contribution in [0.4, 0.5) is 0 Å². The van der Waals surface area contributed by atoms with Gasteiger partial charge in [0.1, 0.15) is 6.04 Å². The second-order valence-electron chi connectivity index (χ2n) is 11.3. The highest BCUT2D eigenvalue weighted by atomic mass is 32.1. The lowest BCUT2D eigenvalue weighted by atomic mass is 9.46. The number of carboxylic acid groups (broad SMARTS) is 1. The van der Waals surface area contributed by atoms with E-state index in [0.29, 0.717) is 17.8 Å². The molecule has 0 aromatic heterocycles. The standard InChI is InChI=1S/C25H38N2O5S/c1-23-9-6-16(27-32-13-21(28)26-20(14-33)22(29)30)12-15(23)4-5-17-18(23)7-10-24(2)19(17)8-11-25(24,3)31/h12,17-20,31,33H,4-11,13-14H2,1-3H3,(H,26,28)(H,29,30)/t17-,18+,19+,20+,23+,24+,25+/m1/s1. The fourth-order valence-corrected chi connectivity index (χ4v) is 7.73. The second-order valence-corrected chi connectivity index (χ2v) is 11.6. The van der Waals surface area contributed by atoms with Crippen molar-refractivity contribution in [1.82, 2.24) is 5.32 Å². The summed E-state index contributed by atoms with van der Waals surface area (Å²) in [5.74, 6) is 0.292. The van der Waals surface area contributed by atoms with E-state index in [0.717, 1.165) is 44.2 Å². The largest absolute Gasteiger partial charge is 0.480 e. The van der Waals surface area contributed by atoms with Crippen molar-refractivity contribution in [3.8, 4) is 0 Å². The van der Waals surface area contributed by atoms with Crippen molar-refractivity contribution in [3.05, 3.63) is 11.6 Å². The average molecular weight is 479 g/mol. The lowest BCUT2D eigenvalue weighted by molar-refractivity contribution is -0.141. The fourth-order valence-electron chi connectivity index (χ4n) is 7.48. The van der Waals surface area contributed by atoms with Crippen LogP contribution in [0.25, 0.3) is 0 Å². The number of hydrogen-bond donors (Lipinski definition) is 4. The number of thiol groups is 1. The lowest BCUT2D eigenvalue weighted by Gasteiger charge is -2.59. The molecule has 3 saturated carbocycles. The number of nitrogens with one attached hydrogen (secondary N) is 1. The van der Waals surface area contributed by atoms with Crippen molar-refractivity contribution < 1.29 is 24.6 Å². The smallest absolute Gasteiger partial charge is 0.327 e. The number of allylic oxidation sites excluding steroid dienone is 2. The molecule has 0 bridgehead atoms. The summed E-state index contributed by atoms with van der Waals surface area (Å²) in [7, 11) is 0. The Bertz CT molecular complexity index is 871. The van der Waals surface area contributed by atoms with Gasteiger partial charge in [-0.3, -0.25) is 4.79 Å². The first-order valence-electron chi connectivity index (χ1n) is 12.3. The van der Waals surface area contributed by atoms with Crippen molar-refractivity contribution in [2.45, 2.75) is 83.8 Å². The van der Waals surface area contributed by atoms with Crippen LogP contribution in [0.5, 0.6) is 0 Å². The Hall–Kier alpha value is -1.54. The molecule has 0 aromatic rings. The van der Waals surface area contributed by atoms with E-state index >= 15 is 0 Å². The molecule has 0 unspecified atom stereocenters. The van der Waals surface area contributed by atoms with Crippen LogP contribution in [0.1, 0.15) is 72.1 Å². The second kappa shape index (κ2) is 8.91. The van der Waals surface area contributed by atoms with Crippen molar-refractivity contribution >= 4 is 30.2 Å². The minimum absolute atomic E-state index is 0.0139. The van der Waals surface area contributed by atoms with Gasteiger partial charge in [-0.15, -0.1) is 0 Å². The highest BCUT2D eigenvalue weighted by Crippen LogP contribution is 2.67. The first kappa shape index (κ1) is 24.6. The first-order chi connectivity index (χ1) is 15.5. The Kier molecular flexibility index (Phi) is 6.64. The van der Waals surface area contributed by atoms with Crippen LogP contribution in [0.3, 0.4) is 0 Å². The molecule has 0 aliphatic heterocycles. The zero-order valence-electron chi connectivity index (χ0n) is 20.0. The molecule has 7 nitrogen and oxygen atoms in total. The molecule has 4 aliphatic rings. The van der Waals surface area contributed by atoms with E-state index in [4.69, 9.17) is 9.94 Å². The Morgan fingerprint density at radius 3 is 2.61 bits per heavy atom. The summed E-state index contributed by atoms with van der Waals surface area (Å²) in [6, 6.07) is -1.04. The SMILES string of the molecule is C[C@]12CCC(=NOCC(=O)N[C@@H](CS)C(=O)O)C=C1CC[C@@H]1[C@@H]2CC[C@@]2(C)[C@H]1CC[C@]2(C)O. The maximum atomic E-state index is 11.9. The monoisotopic (exact) mass is 478 g/mol. The van der Waals surface area contributed by atoms with Crippen LogP contribution in [0.15, 0.2) is 16.8 Å². The molecule has 4 rings (SSSR count). The summed E-state index contributed by atoms with van der Waals surface area (Å²) in [6.07, 6.45) is 10.5. The highest BCUT2D eigenvalue weighted by Gasteiger charge is 2.62. The molecule has 3 fully saturated rings. The minimum Gasteiger partial charge on any atom is -0.480 e. The number of carbonyl (C=O) groups excluding carboxylic acids is 1. The number of nitrogens with zero attached hydrogens (tertiary/aromatic N) is 1. The van der Waals surface area contributed by atoms with Gasteiger partial charge in [0.2, 0.25) is 0 Å². The van der Waals surface area contributed by atoms with E-state index in [2.05, 4.69) is 43.0 Å². The predicted molar refractivity (Wildman–Crippen MR) is 129 cm³/mol. The Balaban J connectivity index is 1.41. The summed E-state index contributed by atoms with van der Waals surface area (Å²) < 4.78 is 0.